The van der Waals surface area contributed by atoms with Crippen LogP contribution in [-0.4, -0.2) is 43.4 Å². The van der Waals surface area contributed by atoms with Gasteiger partial charge in [0.2, 0.25) is 5.91 Å². The van der Waals surface area contributed by atoms with Gasteiger partial charge in [-0.1, -0.05) is 12.1 Å². The Morgan fingerprint density at radius 3 is 2.22 bits per heavy atom. The molecule has 3 amide bonds. The SMILES string of the molecule is Cc1cc(NC(=O)C(C)N2C(=O)c3ccccc3C2=O)n(-c2ccc(C(F)(F)F)cn2)n1. The van der Waals surface area contributed by atoms with E-state index in [0.717, 1.165) is 17.0 Å². The Morgan fingerprint density at radius 2 is 1.69 bits per heavy atom. The summed E-state index contributed by atoms with van der Waals surface area (Å²) in [6, 6.07) is 8.58. The average Bonchev–Trinajstić information content (AvgIpc) is 3.24. The summed E-state index contributed by atoms with van der Waals surface area (Å²) in [4.78, 5) is 42.7. The Morgan fingerprint density at radius 1 is 1.06 bits per heavy atom. The van der Waals surface area contributed by atoms with E-state index >= 15 is 0 Å². The van der Waals surface area contributed by atoms with Gasteiger partial charge in [0.1, 0.15) is 11.9 Å². The molecule has 164 valence electrons. The van der Waals surface area contributed by atoms with Crippen LogP contribution < -0.4 is 5.32 Å². The number of aryl methyl sites for hydroxylation is 1. The Hall–Kier alpha value is -4.02. The van der Waals surface area contributed by atoms with E-state index in [0.29, 0.717) is 11.9 Å². The van der Waals surface area contributed by atoms with E-state index in [2.05, 4.69) is 15.4 Å². The molecular weight excluding hydrogens is 427 g/mol. The van der Waals surface area contributed by atoms with Gasteiger partial charge in [-0.3, -0.25) is 19.3 Å². The first-order valence-electron chi connectivity index (χ1n) is 9.46. The van der Waals surface area contributed by atoms with Crippen molar-refractivity contribution >= 4 is 23.5 Å². The Labute approximate surface area is 179 Å². The van der Waals surface area contributed by atoms with Gasteiger partial charge >= 0.3 is 6.18 Å². The number of nitrogens with zero attached hydrogens (tertiary/aromatic N) is 4. The molecule has 3 heterocycles. The third-order valence-corrected chi connectivity index (χ3v) is 4.97. The predicted molar refractivity (Wildman–Crippen MR) is 106 cm³/mol. The number of imide groups is 1. The van der Waals surface area contributed by atoms with Crippen LogP contribution in [0.2, 0.25) is 0 Å². The van der Waals surface area contributed by atoms with Crippen molar-refractivity contribution in [1.82, 2.24) is 19.7 Å². The van der Waals surface area contributed by atoms with E-state index in [1.165, 1.54) is 29.8 Å². The molecule has 1 aromatic carbocycles. The highest BCUT2D eigenvalue weighted by Crippen LogP contribution is 2.29. The maximum atomic E-state index is 12.9. The third-order valence-electron chi connectivity index (χ3n) is 4.97. The number of carbonyl (C=O) groups excluding carboxylic acids is 3. The van der Waals surface area contributed by atoms with Crippen LogP contribution in [-0.2, 0) is 11.0 Å². The molecule has 3 aromatic rings. The summed E-state index contributed by atoms with van der Waals surface area (Å²) in [6.07, 6.45) is -3.87. The molecule has 2 aromatic heterocycles. The van der Waals surface area contributed by atoms with Crippen LogP contribution in [0.1, 0.15) is 38.9 Å². The number of pyridine rings is 1. The van der Waals surface area contributed by atoms with E-state index < -0.39 is 35.5 Å². The third kappa shape index (κ3) is 3.61. The number of amides is 3. The maximum absolute atomic E-state index is 12.9. The molecule has 8 nitrogen and oxygen atoms in total. The van der Waals surface area contributed by atoms with Crippen LogP contribution in [0.15, 0.2) is 48.7 Å². The molecule has 0 fully saturated rings. The molecule has 1 N–H and O–H groups in total. The highest BCUT2D eigenvalue weighted by atomic mass is 19.4. The lowest BCUT2D eigenvalue weighted by atomic mass is 10.1. The molecule has 0 saturated carbocycles. The average molecular weight is 443 g/mol. The van der Waals surface area contributed by atoms with E-state index in [1.807, 2.05) is 0 Å². The largest absolute Gasteiger partial charge is 0.417 e. The van der Waals surface area contributed by atoms with E-state index in [9.17, 15) is 27.6 Å². The first-order chi connectivity index (χ1) is 15.1. The van der Waals surface area contributed by atoms with Crippen molar-refractivity contribution in [2.45, 2.75) is 26.1 Å². The molecule has 0 radical (unpaired) electrons. The van der Waals surface area contributed by atoms with E-state index in [4.69, 9.17) is 0 Å². The van der Waals surface area contributed by atoms with Gasteiger partial charge < -0.3 is 5.32 Å². The first kappa shape index (κ1) is 21.2. The zero-order chi connectivity index (χ0) is 23.2. The first-order valence-corrected chi connectivity index (χ1v) is 9.46. The van der Waals surface area contributed by atoms with E-state index in [-0.39, 0.29) is 22.8 Å². The van der Waals surface area contributed by atoms with Crippen LogP contribution in [0, 0.1) is 6.92 Å². The molecular formula is C21H16F3N5O3. The summed E-state index contributed by atoms with van der Waals surface area (Å²) >= 11 is 0. The summed E-state index contributed by atoms with van der Waals surface area (Å²) in [7, 11) is 0. The number of anilines is 1. The summed E-state index contributed by atoms with van der Waals surface area (Å²) in [5, 5.41) is 6.73. The molecule has 4 rings (SSSR count). The molecule has 1 aliphatic heterocycles. The summed E-state index contributed by atoms with van der Waals surface area (Å²) in [6.45, 7) is 3.03. The van der Waals surface area contributed by atoms with Crippen molar-refractivity contribution in [3.63, 3.8) is 0 Å². The lowest BCUT2D eigenvalue weighted by Gasteiger charge is -2.21. The minimum atomic E-state index is -4.54. The van der Waals surface area contributed by atoms with Gasteiger partial charge in [0.25, 0.3) is 11.8 Å². The Bertz CT molecular complexity index is 1200. The molecule has 0 aliphatic carbocycles. The number of hydrogen-bond donors (Lipinski definition) is 1. The highest BCUT2D eigenvalue weighted by Gasteiger charge is 2.40. The Balaban J connectivity index is 1.57. The molecule has 1 atom stereocenters. The predicted octanol–water partition coefficient (Wildman–Crippen LogP) is 3.22. The number of nitrogens with one attached hydrogen (secondary N) is 1. The molecule has 1 aliphatic rings. The lowest BCUT2D eigenvalue weighted by Crippen LogP contribution is -2.45. The zero-order valence-electron chi connectivity index (χ0n) is 16.8. The molecule has 0 bridgehead atoms. The van der Waals surface area contributed by atoms with Crippen LogP contribution in [0.3, 0.4) is 0 Å². The number of benzene rings is 1. The molecule has 32 heavy (non-hydrogen) atoms. The van der Waals surface area contributed by atoms with Crippen molar-refractivity contribution < 1.29 is 27.6 Å². The minimum absolute atomic E-state index is 0.0507. The monoisotopic (exact) mass is 443 g/mol. The second kappa shape index (κ2) is 7.59. The highest BCUT2D eigenvalue weighted by molar-refractivity contribution is 6.23. The summed E-state index contributed by atoms with van der Waals surface area (Å²) in [5.41, 5.74) is -0.0238. The quantitative estimate of drug-likeness (QED) is 0.625. The topological polar surface area (TPSA) is 97.2 Å². The zero-order valence-corrected chi connectivity index (χ0v) is 16.8. The number of aromatic nitrogens is 3. The Kier molecular flexibility index (Phi) is 5.03. The van der Waals surface area contributed by atoms with Gasteiger partial charge in [-0.2, -0.15) is 23.0 Å². The number of carbonyl (C=O) groups is 3. The molecule has 11 heteroatoms. The van der Waals surface area contributed by atoms with Crippen LogP contribution in [0.5, 0.6) is 0 Å². The summed E-state index contributed by atoms with van der Waals surface area (Å²) < 4.78 is 39.6. The van der Waals surface area contributed by atoms with Gasteiger partial charge in [-0.15, -0.1) is 0 Å². The van der Waals surface area contributed by atoms with Crippen molar-refractivity contribution in [2.24, 2.45) is 0 Å². The van der Waals surface area contributed by atoms with Gasteiger partial charge in [-0.25, -0.2) is 4.98 Å². The fraction of sp³-hybridized carbons (Fsp3) is 0.190. The van der Waals surface area contributed by atoms with Gasteiger partial charge in [-0.05, 0) is 38.1 Å². The second-order valence-electron chi connectivity index (χ2n) is 7.18. The van der Waals surface area contributed by atoms with Crippen LogP contribution in [0.4, 0.5) is 19.0 Å². The normalized spacial score (nSPS) is 14.5. The smallest absolute Gasteiger partial charge is 0.309 e. The van der Waals surface area contributed by atoms with E-state index in [1.54, 1.807) is 19.1 Å². The fourth-order valence-corrected chi connectivity index (χ4v) is 3.35. The number of rotatable bonds is 4. The van der Waals surface area contributed by atoms with Crippen LogP contribution in [0.25, 0.3) is 5.82 Å². The lowest BCUT2D eigenvalue weighted by molar-refractivity contribution is -0.137. The van der Waals surface area contributed by atoms with Gasteiger partial charge in [0, 0.05) is 12.3 Å². The van der Waals surface area contributed by atoms with Crippen molar-refractivity contribution in [3.05, 3.63) is 71.0 Å². The fourth-order valence-electron chi connectivity index (χ4n) is 3.35. The second-order valence-corrected chi connectivity index (χ2v) is 7.18. The standard InChI is InChI=1S/C21H16F3N5O3/c1-11-9-17(29(27-11)16-8-7-13(10-25-16)21(22,23)24)26-18(30)12(2)28-19(31)14-5-3-4-6-15(14)20(28)32/h3-10,12H,1-2H3,(H,26,30). The van der Waals surface area contributed by atoms with Gasteiger partial charge in [0.15, 0.2) is 5.82 Å². The van der Waals surface area contributed by atoms with Crippen LogP contribution >= 0.6 is 0 Å². The maximum Gasteiger partial charge on any atom is 0.417 e. The molecule has 0 spiro atoms. The molecule has 0 saturated heterocycles. The van der Waals surface area contributed by atoms with Crippen molar-refractivity contribution in [2.75, 3.05) is 5.32 Å². The molecule has 1 unspecified atom stereocenters. The summed E-state index contributed by atoms with van der Waals surface area (Å²) in [5.74, 6) is -1.66. The number of alkyl halides is 3. The number of hydrogen-bond acceptors (Lipinski definition) is 5. The number of fused-ring (bicyclic) bond motifs is 1. The van der Waals surface area contributed by atoms with Gasteiger partial charge in [0.05, 0.1) is 22.4 Å². The van der Waals surface area contributed by atoms with Crippen molar-refractivity contribution in [1.29, 1.82) is 0 Å². The van der Waals surface area contributed by atoms with Crippen molar-refractivity contribution in [3.8, 4) is 5.82 Å². The number of halogens is 3. The minimum Gasteiger partial charge on any atom is -0.309 e.